The van der Waals surface area contributed by atoms with Crippen LogP contribution in [-0.4, -0.2) is 30.6 Å². The summed E-state index contributed by atoms with van der Waals surface area (Å²) in [5, 5.41) is 0. The van der Waals surface area contributed by atoms with Gasteiger partial charge >= 0.3 is 5.97 Å². The van der Waals surface area contributed by atoms with Gasteiger partial charge in [-0.05, 0) is 56.3 Å². The maximum absolute atomic E-state index is 13.5. The SMILES string of the molecule is CCCCC1CCC(C2CCC(C(=O)OC3CC(F)C(F)C(F)C3)CC2)CC1. The lowest BCUT2D eigenvalue weighted by atomic mass is 9.68. The summed E-state index contributed by atoms with van der Waals surface area (Å²) in [4.78, 5) is 12.4. The molecule has 5 heteroatoms. The maximum Gasteiger partial charge on any atom is 0.309 e. The summed E-state index contributed by atoms with van der Waals surface area (Å²) in [6.07, 6.45) is 6.06. The van der Waals surface area contributed by atoms with Crippen LogP contribution in [0.15, 0.2) is 0 Å². The van der Waals surface area contributed by atoms with Crippen molar-refractivity contribution >= 4 is 5.97 Å². The van der Waals surface area contributed by atoms with Crippen molar-refractivity contribution in [1.29, 1.82) is 0 Å². The molecule has 0 spiro atoms. The molecular formula is C23H37F3O2. The first kappa shape index (κ1) is 22.0. The van der Waals surface area contributed by atoms with Crippen molar-refractivity contribution in [2.24, 2.45) is 23.7 Å². The summed E-state index contributed by atoms with van der Waals surface area (Å²) < 4.78 is 45.7. The highest BCUT2D eigenvalue weighted by Crippen LogP contribution is 2.42. The van der Waals surface area contributed by atoms with Crippen LogP contribution in [0.5, 0.6) is 0 Å². The van der Waals surface area contributed by atoms with E-state index < -0.39 is 24.6 Å². The lowest BCUT2D eigenvalue weighted by Gasteiger charge is -2.38. The highest BCUT2D eigenvalue weighted by atomic mass is 19.2. The summed E-state index contributed by atoms with van der Waals surface area (Å²) in [5.41, 5.74) is 0. The zero-order valence-electron chi connectivity index (χ0n) is 17.3. The molecule has 28 heavy (non-hydrogen) atoms. The van der Waals surface area contributed by atoms with Gasteiger partial charge in [0.25, 0.3) is 0 Å². The first-order valence-corrected chi connectivity index (χ1v) is 11.6. The van der Waals surface area contributed by atoms with E-state index in [4.69, 9.17) is 4.74 Å². The van der Waals surface area contributed by atoms with E-state index >= 15 is 0 Å². The summed E-state index contributed by atoms with van der Waals surface area (Å²) in [7, 11) is 0. The minimum Gasteiger partial charge on any atom is -0.462 e. The molecule has 162 valence electrons. The van der Waals surface area contributed by atoms with Crippen molar-refractivity contribution in [1.82, 2.24) is 0 Å². The van der Waals surface area contributed by atoms with E-state index in [1.54, 1.807) is 0 Å². The van der Waals surface area contributed by atoms with Crippen LogP contribution in [0.4, 0.5) is 13.2 Å². The van der Waals surface area contributed by atoms with E-state index in [1.165, 1.54) is 44.9 Å². The second kappa shape index (κ2) is 10.3. The lowest BCUT2D eigenvalue weighted by Crippen LogP contribution is -2.42. The van der Waals surface area contributed by atoms with Crippen LogP contribution in [0.2, 0.25) is 0 Å². The molecule has 0 aromatic heterocycles. The van der Waals surface area contributed by atoms with Gasteiger partial charge in [-0.2, -0.15) is 0 Å². The fraction of sp³-hybridized carbons (Fsp3) is 0.957. The second-order valence-electron chi connectivity index (χ2n) is 9.54. The number of hydrogen-bond donors (Lipinski definition) is 0. The average molecular weight is 403 g/mol. The first-order chi connectivity index (χ1) is 13.5. The van der Waals surface area contributed by atoms with Gasteiger partial charge in [0.15, 0.2) is 6.17 Å². The Hall–Kier alpha value is -0.740. The Morgan fingerprint density at radius 2 is 1.39 bits per heavy atom. The monoisotopic (exact) mass is 402 g/mol. The summed E-state index contributed by atoms with van der Waals surface area (Å²) in [6.45, 7) is 2.26. The zero-order chi connectivity index (χ0) is 20.1. The Bertz CT molecular complexity index is 472. The maximum atomic E-state index is 13.5. The molecule has 0 bridgehead atoms. The predicted octanol–water partition coefficient (Wildman–Crippen LogP) is 6.51. The van der Waals surface area contributed by atoms with Crippen LogP contribution in [0.25, 0.3) is 0 Å². The van der Waals surface area contributed by atoms with Crippen LogP contribution < -0.4 is 0 Å². The van der Waals surface area contributed by atoms with Crippen molar-refractivity contribution in [3.05, 3.63) is 0 Å². The number of ether oxygens (including phenoxy) is 1. The van der Waals surface area contributed by atoms with E-state index in [2.05, 4.69) is 6.92 Å². The number of carbonyl (C=O) groups is 1. The van der Waals surface area contributed by atoms with Gasteiger partial charge in [0.1, 0.15) is 18.4 Å². The van der Waals surface area contributed by atoms with Crippen molar-refractivity contribution in [2.75, 3.05) is 0 Å². The molecule has 2 atom stereocenters. The first-order valence-electron chi connectivity index (χ1n) is 11.6. The summed E-state index contributed by atoms with van der Waals surface area (Å²) >= 11 is 0. The van der Waals surface area contributed by atoms with E-state index in [0.29, 0.717) is 5.92 Å². The largest absolute Gasteiger partial charge is 0.462 e. The standard InChI is InChI=1S/C23H37F3O2/c1-2-3-4-15-5-7-16(8-6-15)17-9-11-18(12-10-17)23(27)28-19-13-20(24)22(26)21(25)14-19/h15-22H,2-14H2,1H3. The Labute approximate surface area is 168 Å². The number of halogens is 3. The van der Waals surface area contributed by atoms with E-state index in [1.807, 2.05) is 0 Å². The number of rotatable bonds is 6. The number of carbonyl (C=O) groups excluding carboxylic acids is 1. The van der Waals surface area contributed by atoms with Gasteiger partial charge in [-0.3, -0.25) is 4.79 Å². The lowest BCUT2D eigenvalue weighted by molar-refractivity contribution is -0.161. The number of unbranched alkanes of at least 4 members (excludes halogenated alkanes) is 1. The van der Waals surface area contributed by atoms with Gasteiger partial charge in [-0.1, -0.05) is 39.0 Å². The van der Waals surface area contributed by atoms with Crippen LogP contribution in [0, 0.1) is 23.7 Å². The van der Waals surface area contributed by atoms with E-state index in [-0.39, 0.29) is 24.7 Å². The molecule has 3 aliphatic rings. The molecule has 0 radical (unpaired) electrons. The van der Waals surface area contributed by atoms with E-state index in [9.17, 15) is 18.0 Å². The molecule has 2 nitrogen and oxygen atoms in total. The third-order valence-corrected chi connectivity index (χ3v) is 7.58. The highest BCUT2D eigenvalue weighted by molar-refractivity contribution is 5.72. The Morgan fingerprint density at radius 1 is 0.857 bits per heavy atom. The minimum atomic E-state index is -2.08. The molecule has 0 heterocycles. The van der Waals surface area contributed by atoms with Gasteiger partial charge in [-0.25, -0.2) is 13.2 Å². The van der Waals surface area contributed by atoms with Crippen molar-refractivity contribution in [3.63, 3.8) is 0 Å². The predicted molar refractivity (Wildman–Crippen MR) is 104 cm³/mol. The van der Waals surface area contributed by atoms with Gasteiger partial charge in [-0.15, -0.1) is 0 Å². The fourth-order valence-corrected chi connectivity index (χ4v) is 5.71. The van der Waals surface area contributed by atoms with Crippen molar-refractivity contribution < 1.29 is 22.7 Å². The molecular weight excluding hydrogens is 365 g/mol. The number of esters is 1. The molecule has 3 saturated carbocycles. The molecule has 2 unspecified atom stereocenters. The Morgan fingerprint density at radius 3 is 1.93 bits per heavy atom. The van der Waals surface area contributed by atoms with Gasteiger partial charge < -0.3 is 4.74 Å². The third-order valence-electron chi connectivity index (χ3n) is 7.58. The van der Waals surface area contributed by atoms with E-state index in [0.717, 1.165) is 37.5 Å². The Kier molecular flexibility index (Phi) is 8.11. The molecule has 3 fully saturated rings. The quantitative estimate of drug-likeness (QED) is 0.473. The fourth-order valence-electron chi connectivity index (χ4n) is 5.71. The van der Waals surface area contributed by atoms with Crippen LogP contribution in [0.1, 0.15) is 90.4 Å². The molecule has 0 N–H and O–H groups in total. The number of hydrogen-bond acceptors (Lipinski definition) is 2. The van der Waals surface area contributed by atoms with Gasteiger partial charge in [0.05, 0.1) is 5.92 Å². The highest BCUT2D eigenvalue weighted by Gasteiger charge is 2.41. The van der Waals surface area contributed by atoms with Crippen LogP contribution >= 0.6 is 0 Å². The average Bonchev–Trinajstić information content (AvgIpc) is 2.71. The molecule has 0 saturated heterocycles. The van der Waals surface area contributed by atoms with Gasteiger partial charge in [0, 0.05) is 12.8 Å². The molecule has 0 amide bonds. The summed E-state index contributed by atoms with van der Waals surface area (Å²) in [5.74, 6) is 1.94. The number of alkyl halides is 3. The molecule has 0 aromatic carbocycles. The topological polar surface area (TPSA) is 26.3 Å². The zero-order valence-corrected chi connectivity index (χ0v) is 17.3. The molecule has 3 aliphatic carbocycles. The molecule has 3 rings (SSSR count). The molecule has 0 aliphatic heterocycles. The minimum absolute atomic E-state index is 0.156. The smallest absolute Gasteiger partial charge is 0.309 e. The second-order valence-corrected chi connectivity index (χ2v) is 9.54. The summed E-state index contributed by atoms with van der Waals surface area (Å²) in [6, 6.07) is 0. The third kappa shape index (κ3) is 5.66. The molecule has 0 aromatic rings. The normalized spacial score (nSPS) is 42.1. The van der Waals surface area contributed by atoms with Gasteiger partial charge in [0.2, 0.25) is 0 Å². The van der Waals surface area contributed by atoms with Crippen molar-refractivity contribution in [3.8, 4) is 0 Å². The van der Waals surface area contributed by atoms with Crippen LogP contribution in [-0.2, 0) is 9.53 Å². The Balaban J connectivity index is 1.38. The van der Waals surface area contributed by atoms with Crippen LogP contribution in [0.3, 0.4) is 0 Å². The van der Waals surface area contributed by atoms with Crippen molar-refractivity contribution in [2.45, 2.75) is 115 Å².